The molecule has 1 rings (SSSR count). The van der Waals surface area contributed by atoms with Crippen molar-refractivity contribution in [1.82, 2.24) is 0 Å². The SMILES string of the molecule is COc1ccc(SC)c(CCCC(=O)O)c1. The van der Waals surface area contributed by atoms with Crippen molar-refractivity contribution in [2.45, 2.75) is 24.2 Å². The number of hydrogen-bond acceptors (Lipinski definition) is 3. The van der Waals surface area contributed by atoms with Crippen LogP contribution in [0.4, 0.5) is 0 Å². The molecule has 0 aliphatic carbocycles. The van der Waals surface area contributed by atoms with Gasteiger partial charge in [-0.25, -0.2) is 0 Å². The van der Waals surface area contributed by atoms with E-state index in [1.807, 2.05) is 24.5 Å². The summed E-state index contributed by atoms with van der Waals surface area (Å²) in [6, 6.07) is 5.92. The van der Waals surface area contributed by atoms with Gasteiger partial charge in [-0.15, -0.1) is 11.8 Å². The van der Waals surface area contributed by atoms with Crippen molar-refractivity contribution in [3.8, 4) is 5.75 Å². The van der Waals surface area contributed by atoms with Crippen molar-refractivity contribution in [3.05, 3.63) is 23.8 Å². The quantitative estimate of drug-likeness (QED) is 0.777. The topological polar surface area (TPSA) is 46.5 Å². The van der Waals surface area contributed by atoms with E-state index in [2.05, 4.69) is 0 Å². The van der Waals surface area contributed by atoms with Gasteiger partial charge >= 0.3 is 5.97 Å². The van der Waals surface area contributed by atoms with Crippen molar-refractivity contribution >= 4 is 17.7 Å². The summed E-state index contributed by atoms with van der Waals surface area (Å²) in [5, 5.41) is 8.59. The number of methoxy groups -OCH3 is 1. The predicted molar refractivity (Wildman–Crippen MR) is 65.3 cm³/mol. The number of carboxylic acids is 1. The van der Waals surface area contributed by atoms with Gasteiger partial charge in [0.05, 0.1) is 7.11 Å². The predicted octanol–water partition coefficient (Wildman–Crippen LogP) is 2.82. The fourth-order valence-electron chi connectivity index (χ4n) is 1.51. The minimum absolute atomic E-state index is 0.213. The first-order valence-corrected chi connectivity index (χ1v) is 6.32. The number of benzene rings is 1. The van der Waals surface area contributed by atoms with Crippen LogP contribution in [0.1, 0.15) is 18.4 Å². The van der Waals surface area contributed by atoms with Crippen LogP contribution in [0.3, 0.4) is 0 Å². The van der Waals surface area contributed by atoms with E-state index >= 15 is 0 Å². The molecule has 0 fully saturated rings. The summed E-state index contributed by atoms with van der Waals surface area (Å²) in [5.74, 6) is 0.0803. The number of thioether (sulfide) groups is 1. The zero-order chi connectivity index (χ0) is 12.0. The number of aryl methyl sites for hydroxylation is 1. The van der Waals surface area contributed by atoms with Gasteiger partial charge in [-0.3, -0.25) is 4.79 Å². The second-order valence-corrected chi connectivity index (χ2v) is 4.27. The highest BCUT2D eigenvalue weighted by molar-refractivity contribution is 7.98. The molecule has 3 nitrogen and oxygen atoms in total. The van der Waals surface area contributed by atoms with Gasteiger partial charge < -0.3 is 9.84 Å². The molecule has 88 valence electrons. The summed E-state index contributed by atoms with van der Waals surface area (Å²) in [6.45, 7) is 0. The monoisotopic (exact) mass is 240 g/mol. The van der Waals surface area contributed by atoms with Gasteiger partial charge in [-0.2, -0.15) is 0 Å². The largest absolute Gasteiger partial charge is 0.497 e. The third-order valence-electron chi connectivity index (χ3n) is 2.32. The van der Waals surface area contributed by atoms with Gasteiger partial charge in [-0.05, 0) is 42.9 Å². The zero-order valence-electron chi connectivity index (χ0n) is 9.53. The lowest BCUT2D eigenvalue weighted by atomic mass is 10.1. The molecule has 0 bridgehead atoms. The Hall–Kier alpha value is -1.16. The average molecular weight is 240 g/mol. The van der Waals surface area contributed by atoms with E-state index in [0.29, 0.717) is 6.42 Å². The Balaban J connectivity index is 2.71. The van der Waals surface area contributed by atoms with E-state index in [1.165, 1.54) is 4.90 Å². The molecule has 0 saturated heterocycles. The number of hydrogen-bond donors (Lipinski definition) is 1. The van der Waals surface area contributed by atoms with Crippen molar-refractivity contribution in [2.24, 2.45) is 0 Å². The van der Waals surface area contributed by atoms with E-state index in [9.17, 15) is 4.79 Å². The van der Waals surface area contributed by atoms with Gasteiger partial charge in [0, 0.05) is 11.3 Å². The van der Waals surface area contributed by atoms with Crippen molar-refractivity contribution < 1.29 is 14.6 Å². The molecule has 4 heteroatoms. The highest BCUT2D eigenvalue weighted by Gasteiger charge is 2.05. The van der Waals surface area contributed by atoms with Gasteiger partial charge in [0.2, 0.25) is 0 Å². The van der Waals surface area contributed by atoms with Crippen LogP contribution in [-0.4, -0.2) is 24.4 Å². The van der Waals surface area contributed by atoms with Gasteiger partial charge in [-0.1, -0.05) is 0 Å². The summed E-state index contributed by atoms with van der Waals surface area (Å²) in [7, 11) is 1.63. The minimum Gasteiger partial charge on any atom is -0.497 e. The van der Waals surface area contributed by atoms with Crippen LogP contribution in [-0.2, 0) is 11.2 Å². The Labute approximate surface area is 99.8 Å². The van der Waals surface area contributed by atoms with Gasteiger partial charge in [0.25, 0.3) is 0 Å². The van der Waals surface area contributed by atoms with Crippen LogP contribution in [0, 0.1) is 0 Å². The first-order chi connectivity index (χ1) is 7.67. The lowest BCUT2D eigenvalue weighted by molar-refractivity contribution is -0.137. The fraction of sp³-hybridized carbons (Fsp3) is 0.417. The second-order valence-electron chi connectivity index (χ2n) is 3.43. The summed E-state index contributed by atoms with van der Waals surface area (Å²) in [6.07, 6.45) is 3.67. The number of carboxylic acid groups (broad SMARTS) is 1. The van der Waals surface area contributed by atoms with Crippen molar-refractivity contribution in [3.63, 3.8) is 0 Å². The van der Waals surface area contributed by atoms with E-state index in [-0.39, 0.29) is 6.42 Å². The van der Waals surface area contributed by atoms with Crippen LogP contribution in [0.15, 0.2) is 23.1 Å². The normalized spacial score (nSPS) is 10.1. The first kappa shape index (κ1) is 12.9. The number of aliphatic carboxylic acids is 1. The van der Waals surface area contributed by atoms with Crippen molar-refractivity contribution in [1.29, 1.82) is 0 Å². The van der Waals surface area contributed by atoms with Crippen LogP contribution in [0.5, 0.6) is 5.75 Å². The first-order valence-electron chi connectivity index (χ1n) is 5.10. The Morgan fingerprint density at radius 2 is 2.25 bits per heavy atom. The molecule has 16 heavy (non-hydrogen) atoms. The molecule has 0 heterocycles. The maximum atomic E-state index is 10.4. The van der Waals surface area contributed by atoms with E-state index in [0.717, 1.165) is 17.7 Å². The van der Waals surface area contributed by atoms with E-state index in [1.54, 1.807) is 18.9 Å². The highest BCUT2D eigenvalue weighted by Crippen LogP contribution is 2.26. The molecule has 1 aromatic rings. The molecule has 0 saturated carbocycles. The molecule has 0 aliphatic heterocycles. The molecular formula is C12H16O3S. The van der Waals surface area contributed by atoms with E-state index in [4.69, 9.17) is 9.84 Å². The van der Waals surface area contributed by atoms with Crippen LogP contribution in [0.2, 0.25) is 0 Å². The smallest absolute Gasteiger partial charge is 0.303 e. The number of carbonyl (C=O) groups is 1. The summed E-state index contributed by atoms with van der Waals surface area (Å²) in [4.78, 5) is 11.6. The molecular weight excluding hydrogens is 224 g/mol. The van der Waals surface area contributed by atoms with Crippen molar-refractivity contribution in [2.75, 3.05) is 13.4 Å². The standard InChI is InChI=1S/C12H16O3S/c1-15-10-6-7-11(16-2)9(8-10)4-3-5-12(13)14/h6-8H,3-5H2,1-2H3,(H,13,14). The highest BCUT2D eigenvalue weighted by atomic mass is 32.2. The van der Waals surface area contributed by atoms with Crippen LogP contribution in [0.25, 0.3) is 0 Å². The Morgan fingerprint density at radius 3 is 2.81 bits per heavy atom. The lowest BCUT2D eigenvalue weighted by Crippen LogP contribution is -1.97. The lowest BCUT2D eigenvalue weighted by Gasteiger charge is -2.08. The average Bonchev–Trinajstić information content (AvgIpc) is 2.28. The fourth-order valence-corrected chi connectivity index (χ4v) is 2.13. The van der Waals surface area contributed by atoms with Crippen LogP contribution < -0.4 is 4.74 Å². The molecule has 0 unspecified atom stereocenters. The van der Waals surface area contributed by atoms with Gasteiger partial charge in [0.15, 0.2) is 0 Å². The zero-order valence-corrected chi connectivity index (χ0v) is 10.3. The maximum Gasteiger partial charge on any atom is 0.303 e. The molecule has 1 N–H and O–H groups in total. The molecule has 1 aromatic carbocycles. The third-order valence-corrected chi connectivity index (χ3v) is 3.16. The van der Waals surface area contributed by atoms with E-state index < -0.39 is 5.97 Å². The Kier molecular flexibility index (Phi) is 5.19. The molecule has 0 atom stereocenters. The number of rotatable bonds is 6. The molecule has 0 radical (unpaired) electrons. The molecule has 0 amide bonds. The van der Waals surface area contributed by atoms with Gasteiger partial charge in [0.1, 0.15) is 5.75 Å². The molecule has 0 aromatic heterocycles. The maximum absolute atomic E-state index is 10.4. The molecule has 0 aliphatic rings. The third kappa shape index (κ3) is 3.77. The second kappa shape index (κ2) is 6.43. The Morgan fingerprint density at radius 1 is 1.50 bits per heavy atom. The summed E-state index contributed by atoms with van der Waals surface area (Å²) >= 11 is 1.67. The summed E-state index contributed by atoms with van der Waals surface area (Å²) < 4.78 is 5.16. The van der Waals surface area contributed by atoms with Crippen LogP contribution >= 0.6 is 11.8 Å². The number of ether oxygens (including phenoxy) is 1. The minimum atomic E-state index is -0.742. The molecule has 0 spiro atoms. The summed E-state index contributed by atoms with van der Waals surface area (Å²) in [5.41, 5.74) is 1.16. The Bertz CT molecular complexity index is 363.